The van der Waals surface area contributed by atoms with Crippen LogP contribution in [0.15, 0.2) is 48.5 Å². The maximum atomic E-state index is 13.0. The Kier molecular flexibility index (Phi) is 5.34. The zero-order valence-electron chi connectivity index (χ0n) is 11.9. The molecule has 2 nitrogen and oxygen atoms in total. The molecule has 0 heterocycles. The second kappa shape index (κ2) is 7.23. The Hall–Kier alpha value is -1.87. The lowest BCUT2D eigenvalue weighted by molar-refractivity contribution is -0.116. The van der Waals surface area contributed by atoms with Gasteiger partial charge >= 0.3 is 0 Å². The summed E-state index contributed by atoms with van der Waals surface area (Å²) in [5, 5.41) is 0. The van der Waals surface area contributed by atoms with E-state index in [1.54, 1.807) is 17.0 Å². The van der Waals surface area contributed by atoms with Gasteiger partial charge in [-0.25, -0.2) is 4.39 Å². The van der Waals surface area contributed by atoms with Crippen molar-refractivity contribution in [1.82, 2.24) is 0 Å². The second-order valence-corrected chi connectivity index (χ2v) is 5.03. The van der Waals surface area contributed by atoms with E-state index in [-0.39, 0.29) is 17.6 Å². The highest BCUT2D eigenvalue weighted by atomic mass is 35.5. The van der Waals surface area contributed by atoms with Crippen molar-refractivity contribution in [2.24, 2.45) is 0 Å². The number of hydrogen-bond donors (Lipinski definition) is 0. The van der Waals surface area contributed by atoms with Crippen LogP contribution in [0.5, 0.6) is 0 Å². The number of hydrogen-bond acceptors (Lipinski definition) is 1. The summed E-state index contributed by atoms with van der Waals surface area (Å²) in [6.07, 6.45) is 0.975. The number of alkyl halides is 1. The summed E-state index contributed by atoms with van der Waals surface area (Å²) in [7, 11) is 0. The zero-order chi connectivity index (χ0) is 15.2. The van der Waals surface area contributed by atoms with Crippen molar-refractivity contribution in [3.8, 4) is 0 Å². The molecule has 1 amide bonds. The maximum Gasteiger partial charge on any atom is 0.242 e. The smallest absolute Gasteiger partial charge is 0.242 e. The largest absolute Gasteiger partial charge is 0.307 e. The van der Waals surface area contributed by atoms with Crippen molar-refractivity contribution in [2.75, 3.05) is 10.8 Å². The number of benzene rings is 2. The van der Waals surface area contributed by atoms with Gasteiger partial charge in [0.25, 0.3) is 0 Å². The highest BCUT2D eigenvalue weighted by molar-refractivity contribution is 6.29. The van der Waals surface area contributed by atoms with Crippen LogP contribution in [-0.2, 0) is 17.8 Å². The van der Waals surface area contributed by atoms with E-state index in [1.165, 1.54) is 17.7 Å². The van der Waals surface area contributed by atoms with Crippen molar-refractivity contribution < 1.29 is 9.18 Å². The lowest BCUT2D eigenvalue weighted by atomic mass is 10.1. The first kappa shape index (κ1) is 15.5. The third kappa shape index (κ3) is 4.05. The predicted molar refractivity (Wildman–Crippen MR) is 84.1 cm³/mol. The van der Waals surface area contributed by atoms with E-state index >= 15 is 0 Å². The Morgan fingerprint density at radius 2 is 1.62 bits per heavy atom. The molecule has 2 aromatic rings. The van der Waals surface area contributed by atoms with E-state index in [4.69, 9.17) is 11.6 Å². The molecule has 0 spiro atoms. The van der Waals surface area contributed by atoms with E-state index in [0.717, 1.165) is 12.0 Å². The number of anilines is 1. The fourth-order valence-corrected chi connectivity index (χ4v) is 2.22. The fourth-order valence-electron chi connectivity index (χ4n) is 2.08. The molecule has 0 radical (unpaired) electrons. The van der Waals surface area contributed by atoms with Gasteiger partial charge in [-0.05, 0) is 41.8 Å². The highest BCUT2D eigenvalue weighted by Gasteiger charge is 2.15. The van der Waals surface area contributed by atoms with Crippen LogP contribution in [0, 0.1) is 5.82 Å². The molecule has 0 aliphatic rings. The van der Waals surface area contributed by atoms with Crippen molar-refractivity contribution >= 4 is 23.2 Å². The third-order valence-electron chi connectivity index (χ3n) is 3.33. The zero-order valence-corrected chi connectivity index (χ0v) is 12.6. The Labute approximate surface area is 129 Å². The third-order valence-corrected chi connectivity index (χ3v) is 3.55. The molecule has 0 N–H and O–H groups in total. The van der Waals surface area contributed by atoms with Crippen LogP contribution in [0.3, 0.4) is 0 Å². The van der Waals surface area contributed by atoms with Gasteiger partial charge in [0.15, 0.2) is 0 Å². The van der Waals surface area contributed by atoms with E-state index < -0.39 is 0 Å². The Bertz CT molecular complexity index is 595. The predicted octanol–water partition coefficient (Wildman–Crippen LogP) is 4.16. The van der Waals surface area contributed by atoms with Gasteiger partial charge in [0.05, 0.1) is 6.54 Å². The lowest BCUT2D eigenvalue weighted by Crippen LogP contribution is -2.31. The molecular formula is C17H17ClFNO. The summed E-state index contributed by atoms with van der Waals surface area (Å²) < 4.78 is 13.0. The standard InChI is InChI=1S/C17H17ClFNO/c1-2-13-3-5-14(6-4-13)12-20(17(21)11-18)16-9-7-15(19)8-10-16/h3-10H,2,11-12H2,1H3. The number of carbonyl (C=O) groups excluding carboxylic acids is 1. The van der Waals surface area contributed by atoms with Gasteiger partial charge in [-0.1, -0.05) is 31.2 Å². The normalized spacial score (nSPS) is 10.4. The molecular weight excluding hydrogens is 289 g/mol. The summed E-state index contributed by atoms with van der Waals surface area (Å²) in [5.41, 5.74) is 2.90. The Balaban J connectivity index is 2.23. The summed E-state index contributed by atoms with van der Waals surface area (Å²) in [5.74, 6) is -0.642. The summed E-state index contributed by atoms with van der Waals surface area (Å²) in [4.78, 5) is 13.6. The minimum absolute atomic E-state index is 0.107. The van der Waals surface area contributed by atoms with Crippen LogP contribution in [0.4, 0.5) is 10.1 Å². The molecule has 110 valence electrons. The molecule has 2 rings (SSSR count). The molecule has 0 aromatic heterocycles. The van der Waals surface area contributed by atoms with Crippen molar-refractivity contribution in [2.45, 2.75) is 19.9 Å². The summed E-state index contributed by atoms with van der Waals surface area (Å²) in [6, 6.07) is 13.9. The van der Waals surface area contributed by atoms with E-state index in [9.17, 15) is 9.18 Å². The molecule has 0 bridgehead atoms. The van der Waals surface area contributed by atoms with Crippen LogP contribution in [0.2, 0.25) is 0 Å². The average Bonchev–Trinajstić information content (AvgIpc) is 2.53. The van der Waals surface area contributed by atoms with Crippen molar-refractivity contribution in [3.63, 3.8) is 0 Å². The number of nitrogens with zero attached hydrogens (tertiary/aromatic N) is 1. The van der Waals surface area contributed by atoms with Crippen molar-refractivity contribution in [3.05, 3.63) is 65.5 Å². The first-order valence-corrected chi connectivity index (χ1v) is 7.37. The molecule has 4 heteroatoms. The van der Waals surface area contributed by atoms with E-state index in [2.05, 4.69) is 6.92 Å². The minimum atomic E-state index is -0.329. The minimum Gasteiger partial charge on any atom is -0.307 e. The molecule has 0 aliphatic heterocycles. The van der Waals surface area contributed by atoms with Crippen LogP contribution < -0.4 is 4.90 Å². The highest BCUT2D eigenvalue weighted by Crippen LogP contribution is 2.19. The fraction of sp³-hybridized carbons (Fsp3) is 0.235. The molecule has 0 saturated carbocycles. The maximum absolute atomic E-state index is 13.0. The van der Waals surface area contributed by atoms with E-state index in [1.807, 2.05) is 24.3 Å². The molecule has 0 saturated heterocycles. The van der Waals surface area contributed by atoms with Crippen LogP contribution in [0.1, 0.15) is 18.1 Å². The Morgan fingerprint density at radius 3 is 2.14 bits per heavy atom. The van der Waals surface area contributed by atoms with Crippen molar-refractivity contribution in [1.29, 1.82) is 0 Å². The van der Waals surface area contributed by atoms with Gasteiger partial charge in [-0.2, -0.15) is 0 Å². The van der Waals surface area contributed by atoms with Gasteiger partial charge in [0.1, 0.15) is 11.7 Å². The molecule has 0 atom stereocenters. The summed E-state index contributed by atoms with van der Waals surface area (Å²) in [6.45, 7) is 2.51. The lowest BCUT2D eigenvalue weighted by Gasteiger charge is -2.22. The molecule has 0 fully saturated rings. The number of aryl methyl sites for hydroxylation is 1. The number of halogens is 2. The Morgan fingerprint density at radius 1 is 1.05 bits per heavy atom. The molecule has 21 heavy (non-hydrogen) atoms. The van der Waals surface area contributed by atoms with Crippen LogP contribution in [0.25, 0.3) is 0 Å². The SMILES string of the molecule is CCc1ccc(CN(C(=O)CCl)c2ccc(F)cc2)cc1. The number of carbonyl (C=O) groups is 1. The summed E-state index contributed by atoms with van der Waals surface area (Å²) >= 11 is 5.68. The second-order valence-electron chi connectivity index (χ2n) is 4.76. The molecule has 0 unspecified atom stereocenters. The monoisotopic (exact) mass is 305 g/mol. The van der Waals surface area contributed by atoms with Gasteiger partial charge < -0.3 is 4.90 Å². The van der Waals surface area contributed by atoms with E-state index in [0.29, 0.717) is 12.2 Å². The average molecular weight is 306 g/mol. The van der Waals surface area contributed by atoms with Crippen LogP contribution >= 0.6 is 11.6 Å². The topological polar surface area (TPSA) is 20.3 Å². The first-order valence-electron chi connectivity index (χ1n) is 6.83. The van der Waals surface area contributed by atoms with Gasteiger partial charge in [-0.3, -0.25) is 4.79 Å². The van der Waals surface area contributed by atoms with Gasteiger partial charge in [0.2, 0.25) is 5.91 Å². The first-order chi connectivity index (χ1) is 10.1. The number of amides is 1. The number of rotatable bonds is 5. The molecule has 0 aliphatic carbocycles. The van der Waals surface area contributed by atoms with Crippen LogP contribution in [-0.4, -0.2) is 11.8 Å². The van der Waals surface area contributed by atoms with Gasteiger partial charge in [0, 0.05) is 5.69 Å². The molecule has 2 aromatic carbocycles. The quantitative estimate of drug-likeness (QED) is 0.760. The van der Waals surface area contributed by atoms with Gasteiger partial charge in [-0.15, -0.1) is 11.6 Å².